The molecule has 1 aliphatic rings. The second-order valence-electron chi connectivity index (χ2n) is 6.59. The van der Waals surface area contributed by atoms with Crippen molar-refractivity contribution in [1.29, 1.82) is 0 Å². The topological polar surface area (TPSA) is 80.4 Å². The van der Waals surface area contributed by atoms with Gasteiger partial charge in [-0.3, -0.25) is 9.59 Å². The smallest absolute Gasteiger partial charge is 0.222 e. The molecule has 5 nitrogen and oxygen atoms in total. The molecule has 0 unspecified atom stereocenters. The van der Waals surface area contributed by atoms with Crippen molar-refractivity contribution in [3.8, 4) is 0 Å². The minimum Gasteiger partial charge on any atom is -0.369 e. The number of H-pyrrole nitrogens is 1. The van der Waals surface area contributed by atoms with E-state index in [1.807, 2.05) is 38.1 Å². The van der Waals surface area contributed by atoms with E-state index >= 15 is 0 Å². The number of carbonyl (C=O) groups excluding carboxylic acids is 2. The Hall–Kier alpha value is -2.14. The van der Waals surface area contributed by atoms with E-state index in [-0.39, 0.29) is 23.7 Å². The highest BCUT2D eigenvalue weighted by Crippen LogP contribution is 2.23. The molecule has 2 aromatic rings. The van der Waals surface area contributed by atoms with E-state index in [9.17, 15) is 9.59 Å². The molecule has 4 N–H and O–H groups in total. The number of ketones is 1. The van der Waals surface area contributed by atoms with Crippen LogP contribution in [0, 0.1) is 12.8 Å². The third kappa shape index (κ3) is 2.88. The zero-order valence-corrected chi connectivity index (χ0v) is 13.7. The predicted octanol–water partition coefficient (Wildman–Crippen LogP) is 0.828. The summed E-state index contributed by atoms with van der Waals surface area (Å²) in [4.78, 5) is 28.9. The molecule has 1 atom stereocenters. The lowest BCUT2D eigenvalue weighted by atomic mass is 9.93. The largest absolute Gasteiger partial charge is 0.369 e. The number of aromatic amines is 1. The molecule has 5 heteroatoms. The Bertz CT molecular complexity index is 742. The number of aromatic nitrogens is 1. The molecule has 1 fully saturated rings. The number of likely N-dealkylation sites (tertiary alicyclic amines) is 1. The van der Waals surface area contributed by atoms with Gasteiger partial charge in [-0.15, -0.1) is 0 Å². The fourth-order valence-corrected chi connectivity index (χ4v) is 3.70. The number of benzene rings is 1. The summed E-state index contributed by atoms with van der Waals surface area (Å²) in [5, 5.41) is 0.994. The van der Waals surface area contributed by atoms with E-state index in [4.69, 9.17) is 5.73 Å². The Morgan fingerprint density at radius 3 is 2.57 bits per heavy atom. The summed E-state index contributed by atoms with van der Waals surface area (Å²) >= 11 is 0. The fourth-order valence-electron chi connectivity index (χ4n) is 3.70. The van der Waals surface area contributed by atoms with Crippen molar-refractivity contribution < 1.29 is 14.5 Å². The van der Waals surface area contributed by atoms with Gasteiger partial charge >= 0.3 is 0 Å². The van der Waals surface area contributed by atoms with Gasteiger partial charge in [0, 0.05) is 35.4 Å². The molecule has 0 radical (unpaired) electrons. The third-order valence-corrected chi connectivity index (χ3v) is 5.18. The quantitative estimate of drug-likeness (QED) is 0.731. The van der Waals surface area contributed by atoms with Crippen LogP contribution in [0.2, 0.25) is 0 Å². The van der Waals surface area contributed by atoms with Gasteiger partial charge in [0.1, 0.15) is 6.04 Å². The summed E-state index contributed by atoms with van der Waals surface area (Å²) in [5.41, 5.74) is 8.12. The van der Waals surface area contributed by atoms with E-state index < -0.39 is 0 Å². The van der Waals surface area contributed by atoms with Gasteiger partial charge in [0.05, 0.1) is 18.7 Å². The van der Waals surface area contributed by atoms with E-state index in [0.29, 0.717) is 0 Å². The first-order chi connectivity index (χ1) is 11.0. The summed E-state index contributed by atoms with van der Waals surface area (Å²) < 4.78 is 0. The van der Waals surface area contributed by atoms with Crippen molar-refractivity contribution in [1.82, 2.24) is 4.98 Å². The van der Waals surface area contributed by atoms with Gasteiger partial charge in [0.2, 0.25) is 11.7 Å². The van der Waals surface area contributed by atoms with Crippen LogP contribution in [0.1, 0.15) is 35.8 Å². The number of Topliss-reactive ketones (excluding diaryl/α,β-unsaturated/α-hetero) is 1. The lowest BCUT2D eigenvalue weighted by Crippen LogP contribution is -3.17. The maximum atomic E-state index is 13.0. The Labute approximate surface area is 135 Å². The number of piperidine rings is 1. The molecule has 0 bridgehead atoms. The van der Waals surface area contributed by atoms with Crippen LogP contribution in [0.15, 0.2) is 24.3 Å². The fraction of sp³-hybridized carbons (Fsp3) is 0.444. The van der Waals surface area contributed by atoms with E-state index in [1.165, 1.54) is 4.90 Å². The summed E-state index contributed by atoms with van der Waals surface area (Å²) in [6.07, 6.45) is 1.55. The van der Waals surface area contributed by atoms with Crippen molar-refractivity contribution >= 4 is 22.6 Å². The maximum absolute atomic E-state index is 13.0. The molecule has 1 aromatic carbocycles. The number of hydrogen-bond acceptors (Lipinski definition) is 2. The molecular formula is C18H24N3O2+. The number of amides is 1. The number of nitrogens with two attached hydrogens (primary N) is 1. The molecule has 1 aliphatic heterocycles. The Morgan fingerprint density at radius 2 is 1.91 bits per heavy atom. The minimum absolute atomic E-state index is 0.0316. The molecule has 1 saturated heterocycles. The van der Waals surface area contributed by atoms with Crippen molar-refractivity contribution in [2.45, 2.75) is 32.7 Å². The van der Waals surface area contributed by atoms with Gasteiger partial charge in [-0.25, -0.2) is 0 Å². The SMILES string of the molecule is Cc1[nH]c2ccccc2c1C(=O)[C@@H](C)[NH+]1CCC(C(N)=O)CC1. The Morgan fingerprint density at radius 1 is 1.26 bits per heavy atom. The molecule has 3 rings (SSSR count). The molecular weight excluding hydrogens is 290 g/mol. The molecule has 122 valence electrons. The summed E-state index contributed by atoms with van der Waals surface area (Å²) in [6.45, 7) is 5.59. The third-order valence-electron chi connectivity index (χ3n) is 5.18. The average Bonchev–Trinajstić information content (AvgIpc) is 2.89. The number of rotatable bonds is 4. The highest BCUT2D eigenvalue weighted by atomic mass is 16.1. The predicted molar refractivity (Wildman–Crippen MR) is 89.4 cm³/mol. The zero-order chi connectivity index (χ0) is 16.6. The number of para-hydroxylation sites is 1. The first-order valence-electron chi connectivity index (χ1n) is 8.24. The zero-order valence-electron chi connectivity index (χ0n) is 13.7. The molecule has 0 spiro atoms. The molecule has 1 aromatic heterocycles. The van der Waals surface area contributed by atoms with Crippen molar-refractivity contribution in [2.24, 2.45) is 11.7 Å². The van der Waals surface area contributed by atoms with Gasteiger partial charge in [-0.2, -0.15) is 0 Å². The minimum atomic E-state index is -0.212. The number of nitrogens with one attached hydrogen (secondary N) is 2. The van der Waals surface area contributed by atoms with Crippen LogP contribution in [0.25, 0.3) is 10.9 Å². The summed E-state index contributed by atoms with van der Waals surface area (Å²) in [5.74, 6) is -0.0705. The van der Waals surface area contributed by atoms with Crippen LogP contribution in [0.4, 0.5) is 0 Å². The number of quaternary nitrogens is 1. The van der Waals surface area contributed by atoms with Crippen LogP contribution < -0.4 is 10.6 Å². The highest BCUT2D eigenvalue weighted by Gasteiger charge is 2.33. The monoisotopic (exact) mass is 314 g/mol. The Balaban J connectivity index is 1.80. The van der Waals surface area contributed by atoms with E-state index in [0.717, 1.165) is 48.1 Å². The normalized spacial score (nSPS) is 22.9. The molecule has 0 saturated carbocycles. The summed E-state index contributed by atoms with van der Waals surface area (Å²) in [7, 11) is 0. The molecule has 23 heavy (non-hydrogen) atoms. The standard InChI is InChI=1S/C18H23N3O2/c1-11-16(14-5-3-4-6-15(14)20-11)17(22)12(2)21-9-7-13(8-10-21)18(19)23/h3-6,12-13,20H,7-10H2,1-2H3,(H2,19,23)/p+1/t12-/m1/s1. The van der Waals surface area contributed by atoms with E-state index in [1.54, 1.807) is 0 Å². The Kier molecular flexibility index (Phi) is 4.22. The second-order valence-corrected chi connectivity index (χ2v) is 6.59. The van der Waals surface area contributed by atoms with Crippen molar-refractivity contribution in [3.63, 3.8) is 0 Å². The maximum Gasteiger partial charge on any atom is 0.222 e. The first-order valence-corrected chi connectivity index (χ1v) is 8.24. The van der Waals surface area contributed by atoms with Gasteiger partial charge in [-0.05, 0) is 19.9 Å². The number of hydrogen-bond donors (Lipinski definition) is 3. The second kappa shape index (κ2) is 6.16. The number of carbonyl (C=O) groups is 2. The lowest BCUT2D eigenvalue weighted by molar-refractivity contribution is -0.919. The number of fused-ring (bicyclic) bond motifs is 1. The molecule has 1 amide bonds. The van der Waals surface area contributed by atoms with Crippen molar-refractivity contribution in [3.05, 3.63) is 35.5 Å². The molecule has 2 heterocycles. The summed E-state index contributed by atoms with van der Waals surface area (Å²) in [6, 6.07) is 7.81. The number of aryl methyl sites for hydroxylation is 1. The van der Waals surface area contributed by atoms with Crippen LogP contribution >= 0.6 is 0 Å². The lowest BCUT2D eigenvalue weighted by Gasteiger charge is -2.31. The van der Waals surface area contributed by atoms with E-state index in [2.05, 4.69) is 4.98 Å². The van der Waals surface area contributed by atoms with Gasteiger partial charge in [0.15, 0.2) is 0 Å². The van der Waals surface area contributed by atoms with Crippen LogP contribution in [0.5, 0.6) is 0 Å². The van der Waals surface area contributed by atoms with Gasteiger partial charge in [0.25, 0.3) is 0 Å². The van der Waals surface area contributed by atoms with Crippen molar-refractivity contribution in [2.75, 3.05) is 13.1 Å². The van der Waals surface area contributed by atoms with Crippen LogP contribution in [-0.4, -0.2) is 35.8 Å². The number of primary amides is 1. The van der Waals surface area contributed by atoms with Gasteiger partial charge in [-0.1, -0.05) is 18.2 Å². The van der Waals surface area contributed by atoms with Crippen LogP contribution in [0.3, 0.4) is 0 Å². The van der Waals surface area contributed by atoms with Gasteiger partial charge < -0.3 is 15.6 Å². The first kappa shape index (κ1) is 15.7. The van der Waals surface area contributed by atoms with Crippen LogP contribution in [-0.2, 0) is 4.79 Å². The average molecular weight is 314 g/mol. The highest BCUT2D eigenvalue weighted by molar-refractivity contribution is 6.10. The molecule has 0 aliphatic carbocycles.